The fraction of sp³-hybridized carbons (Fsp3) is 0.800. The van der Waals surface area contributed by atoms with E-state index in [-0.39, 0.29) is 5.75 Å². The van der Waals surface area contributed by atoms with Crippen LogP contribution < -0.4 is 0 Å². The number of alkyl halides is 2. The summed E-state index contributed by atoms with van der Waals surface area (Å²) in [6.07, 6.45) is 0. The Labute approximate surface area is 64.9 Å². The summed E-state index contributed by atoms with van der Waals surface area (Å²) in [5.74, 6) is -7.14. The molecule has 0 aliphatic heterocycles. The summed E-state index contributed by atoms with van der Waals surface area (Å²) in [6.45, 7) is 1.45. The molecule has 11 heavy (non-hydrogen) atoms. The second kappa shape index (κ2) is 3.75. The molecule has 0 saturated carbocycles. The number of carbonyl (C=O) groups is 1. The van der Waals surface area contributed by atoms with E-state index in [1.807, 2.05) is 0 Å². The highest BCUT2D eigenvalue weighted by Gasteiger charge is 2.40. The number of aliphatic carboxylic acids is 1. The van der Waals surface area contributed by atoms with Crippen LogP contribution in [0.4, 0.5) is 8.78 Å². The van der Waals surface area contributed by atoms with Gasteiger partial charge in [-0.15, -0.1) is 0 Å². The molecule has 0 rings (SSSR count). The van der Waals surface area contributed by atoms with Crippen LogP contribution in [-0.4, -0.2) is 32.7 Å². The Morgan fingerprint density at radius 2 is 2.09 bits per heavy atom. The second-order valence-electron chi connectivity index (χ2n) is 1.88. The lowest BCUT2D eigenvalue weighted by Gasteiger charge is -2.08. The molecule has 0 saturated heterocycles. The van der Waals surface area contributed by atoms with Crippen LogP contribution in [0.2, 0.25) is 0 Å². The van der Waals surface area contributed by atoms with E-state index in [0.717, 1.165) is 0 Å². The molecule has 6 heteroatoms. The van der Waals surface area contributed by atoms with Crippen molar-refractivity contribution < 1.29 is 22.9 Å². The first kappa shape index (κ1) is 10.5. The molecule has 0 spiro atoms. The zero-order valence-electron chi connectivity index (χ0n) is 5.84. The van der Waals surface area contributed by atoms with Gasteiger partial charge in [0.25, 0.3) is 0 Å². The average Bonchev–Trinajstić information content (AvgIpc) is 1.86. The molecule has 1 atom stereocenters. The van der Waals surface area contributed by atoms with Gasteiger partial charge in [-0.05, 0) is 0 Å². The molecule has 0 fully saturated rings. The smallest absolute Gasteiger partial charge is 0.375 e. The predicted octanol–water partition coefficient (Wildman–Crippen LogP) is 0.475. The quantitative estimate of drug-likeness (QED) is 0.694. The number of hydrogen-bond donors (Lipinski definition) is 1. The molecule has 0 amide bonds. The van der Waals surface area contributed by atoms with Gasteiger partial charge in [0.1, 0.15) is 0 Å². The first-order chi connectivity index (χ1) is 4.90. The monoisotopic (exact) mass is 186 g/mol. The van der Waals surface area contributed by atoms with Gasteiger partial charge in [-0.3, -0.25) is 4.21 Å². The normalized spacial score (nSPS) is 14.5. The van der Waals surface area contributed by atoms with Gasteiger partial charge in [-0.2, -0.15) is 8.78 Å². The number of carboxylic acids is 1. The maximum Gasteiger partial charge on any atom is 0.375 e. The fourth-order valence-corrected chi connectivity index (χ4v) is 1.10. The number of rotatable bonds is 4. The topological polar surface area (TPSA) is 54.4 Å². The van der Waals surface area contributed by atoms with E-state index in [4.69, 9.17) is 5.11 Å². The van der Waals surface area contributed by atoms with Crippen molar-refractivity contribution in [1.29, 1.82) is 0 Å². The lowest BCUT2D eigenvalue weighted by molar-refractivity contribution is -0.161. The van der Waals surface area contributed by atoms with E-state index in [9.17, 15) is 17.8 Å². The van der Waals surface area contributed by atoms with Crippen molar-refractivity contribution in [3.8, 4) is 0 Å². The fourth-order valence-electron chi connectivity index (χ4n) is 0.366. The van der Waals surface area contributed by atoms with Crippen LogP contribution in [-0.2, 0) is 15.6 Å². The van der Waals surface area contributed by atoms with E-state index in [1.165, 1.54) is 6.92 Å². The zero-order chi connectivity index (χ0) is 9.07. The van der Waals surface area contributed by atoms with Gasteiger partial charge in [0, 0.05) is 16.6 Å². The van der Waals surface area contributed by atoms with Crippen molar-refractivity contribution in [2.24, 2.45) is 0 Å². The van der Waals surface area contributed by atoms with E-state index in [1.54, 1.807) is 0 Å². The van der Waals surface area contributed by atoms with Gasteiger partial charge in [-0.25, -0.2) is 4.79 Å². The first-order valence-electron chi connectivity index (χ1n) is 2.86. The molecule has 0 aromatic heterocycles. The lowest BCUT2D eigenvalue weighted by atomic mass is 10.4. The number of carboxylic acid groups (broad SMARTS) is 1. The highest BCUT2D eigenvalue weighted by Crippen LogP contribution is 2.14. The van der Waals surface area contributed by atoms with Crippen LogP contribution in [0.25, 0.3) is 0 Å². The number of hydrogen-bond acceptors (Lipinski definition) is 2. The van der Waals surface area contributed by atoms with Gasteiger partial charge in [0.05, 0.1) is 5.75 Å². The van der Waals surface area contributed by atoms with E-state index in [2.05, 4.69) is 0 Å². The van der Waals surface area contributed by atoms with Crippen LogP contribution in [0.5, 0.6) is 0 Å². The van der Waals surface area contributed by atoms with Crippen molar-refractivity contribution in [2.75, 3.05) is 11.5 Å². The average molecular weight is 186 g/mol. The van der Waals surface area contributed by atoms with Gasteiger partial charge < -0.3 is 5.11 Å². The summed E-state index contributed by atoms with van der Waals surface area (Å²) in [5, 5.41) is 7.90. The third-order valence-corrected chi connectivity index (χ3v) is 2.31. The Morgan fingerprint density at radius 3 is 2.36 bits per heavy atom. The van der Waals surface area contributed by atoms with Crippen LogP contribution in [0.3, 0.4) is 0 Å². The molecular weight excluding hydrogens is 178 g/mol. The van der Waals surface area contributed by atoms with Gasteiger partial charge >= 0.3 is 11.9 Å². The van der Waals surface area contributed by atoms with Crippen LogP contribution in [0.1, 0.15) is 6.92 Å². The van der Waals surface area contributed by atoms with E-state index >= 15 is 0 Å². The maximum absolute atomic E-state index is 12.2. The van der Waals surface area contributed by atoms with Gasteiger partial charge in [-0.1, -0.05) is 6.92 Å². The third-order valence-electron chi connectivity index (χ3n) is 0.977. The minimum Gasteiger partial charge on any atom is -0.477 e. The molecule has 0 heterocycles. The molecule has 0 bridgehead atoms. The Hall–Kier alpha value is -0.520. The molecule has 66 valence electrons. The molecule has 0 aliphatic carbocycles. The summed E-state index contributed by atoms with van der Waals surface area (Å²) in [4.78, 5) is 9.79. The summed E-state index contributed by atoms with van der Waals surface area (Å²) in [5.41, 5.74) is 0. The van der Waals surface area contributed by atoms with Crippen molar-refractivity contribution >= 4 is 16.8 Å². The number of halogens is 2. The highest BCUT2D eigenvalue weighted by molar-refractivity contribution is 7.85. The molecule has 0 radical (unpaired) electrons. The minimum absolute atomic E-state index is 0.0445. The van der Waals surface area contributed by atoms with Crippen molar-refractivity contribution in [1.82, 2.24) is 0 Å². The standard InChI is InChI=1S/C5H8F2O3S/c1-2-11(10)3-5(6,7)4(8)9/h2-3H2,1H3,(H,8,9). The van der Waals surface area contributed by atoms with Crippen molar-refractivity contribution in [2.45, 2.75) is 12.8 Å². The van der Waals surface area contributed by atoms with Crippen molar-refractivity contribution in [3.63, 3.8) is 0 Å². The Balaban J connectivity index is 4.12. The molecule has 1 unspecified atom stereocenters. The highest BCUT2D eigenvalue weighted by atomic mass is 32.2. The molecular formula is C5H8F2O3S. The molecule has 0 aliphatic rings. The van der Waals surface area contributed by atoms with E-state index < -0.39 is 28.4 Å². The van der Waals surface area contributed by atoms with Crippen molar-refractivity contribution in [3.05, 3.63) is 0 Å². The van der Waals surface area contributed by atoms with Crippen LogP contribution >= 0.6 is 0 Å². The second-order valence-corrected chi connectivity index (χ2v) is 3.63. The summed E-state index contributed by atoms with van der Waals surface area (Å²) >= 11 is 0. The molecule has 3 nitrogen and oxygen atoms in total. The first-order valence-corrected chi connectivity index (χ1v) is 4.35. The third kappa shape index (κ3) is 3.41. The van der Waals surface area contributed by atoms with Crippen LogP contribution in [0, 0.1) is 0 Å². The molecule has 1 N–H and O–H groups in total. The maximum atomic E-state index is 12.2. The summed E-state index contributed by atoms with van der Waals surface area (Å²) in [7, 11) is -1.75. The Morgan fingerprint density at radius 1 is 1.64 bits per heavy atom. The van der Waals surface area contributed by atoms with Crippen LogP contribution in [0.15, 0.2) is 0 Å². The molecule has 0 aromatic carbocycles. The summed E-state index contributed by atoms with van der Waals surface area (Å²) in [6, 6.07) is 0. The zero-order valence-corrected chi connectivity index (χ0v) is 6.66. The Kier molecular flexibility index (Phi) is 3.57. The van der Waals surface area contributed by atoms with E-state index in [0.29, 0.717) is 0 Å². The SMILES string of the molecule is CCS(=O)CC(F)(F)C(=O)O. The largest absolute Gasteiger partial charge is 0.477 e. The molecule has 0 aromatic rings. The summed E-state index contributed by atoms with van der Waals surface area (Å²) < 4.78 is 34.9. The lowest BCUT2D eigenvalue weighted by Crippen LogP contribution is -2.34. The Bertz CT molecular complexity index is 181. The predicted molar refractivity (Wildman–Crippen MR) is 36.1 cm³/mol. The van der Waals surface area contributed by atoms with Gasteiger partial charge in [0.15, 0.2) is 0 Å². The minimum atomic E-state index is -3.86. The van der Waals surface area contributed by atoms with Gasteiger partial charge in [0.2, 0.25) is 0 Å².